The van der Waals surface area contributed by atoms with Gasteiger partial charge in [-0.15, -0.1) is 0 Å². The Morgan fingerprint density at radius 2 is 2.00 bits per heavy atom. The fraction of sp³-hybridized carbons (Fsp3) is 0. The normalized spacial score (nSPS) is 10.6. The highest BCUT2D eigenvalue weighted by atomic mass is 79.9. The first-order chi connectivity index (χ1) is 8.34. The second kappa shape index (κ2) is 4.22. The Morgan fingerprint density at radius 3 is 2.76 bits per heavy atom. The van der Waals surface area contributed by atoms with Gasteiger partial charge in [-0.05, 0) is 24.3 Å². The van der Waals surface area contributed by atoms with E-state index in [9.17, 15) is 0 Å². The lowest BCUT2D eigenvalue weighted by atomic mass is 10.1. The Labute approximate surface area is 107 Å². The molecule has 2 aromatic heterocycles. The van der Waals surface area contributed by atoms with Crippen LogP contribution < -0.4 is 0 Å². The predicted octanol–water partition coefficient (Wildman–Crippen LogP) is 4.10. The van der Waals surface area contributed by atoms with Crippen LogP contribution in [0.1, 0.15) is 0 Å². The second-order valence-corrected chi connectivity index (χ2v) is 4.48. The van der Waals surface area contributed by atoms with Crippen molar-refractivity contribution in [3.05, 3.63) is 53.2 Å². The maximum Gasteiger partial charge on any atom is 0.151 e. The Hall–Kier alpha value is -1.81. The van der Waals surface area contributed by atoms with E-state index in [-0.39, 0.29) is 0 Å². The van der Waals surface area contributed by atoms with E-state index in [0.717, 1.165) is 27.2 Å². The number of furan rings is 1. The Balaban J connectivity index is 2.04. The molecule has 1 aromatic carbocycles. The summed E-state index contributed by atoms with van der Waals surface area (Å²) in [4.78, 5) is 0. The number of halogens is 1. The minimum absolute atomic E-state index is 0.788. The zero-order chi connectivity index (χ0) is 11.7. The summed E-state index contributed by atoms with van der Waals surface area (Å²) >= 11 is 3.51. The predicted molar refractivity (Wildman–Crippen MR) is 69.4 cm³/mol. The zero-order valence-electron chi connectivity index (χ0n) is 8.85. The molecule has 1 N–H and O–H groups in total. The molecule has 3 aromatic rings. The summed E-state index contributed by atoms with van der Waals surface area (Å²) < 4.78 is 6.34. The SMILES string of the molecule is Brc1ccccc1-c1cc(-c2ccco2)[nH]n1. The van der Waals surface area contributed by atoms with Crippen molar-refractivity contribution in [2.24, 2.45) is 0 Å². The highest BCUT2D eigenvalue weighted by molar-refractivity contribution is 9.10. The topological polar surface area (TPSA) is 41.8 Å². The van der Waals surface area contributed by atoms with Crippen LogP contribution in [0.25, 0.3) is 22.7 Å². The molecule has 0 spiro atoms. The molecule has 3 nitrogen and oxygen atoms in total. The van der Waals surface area contributed by atoms with E-state index in [1.54, 1.807) is 6.26 Å². The van der Waals surface area contributed by atoms with Crippen LogP contribution in [0.15, 0.2) is 57.6 Å². The maximum absolute atomic E-state index is 5.32. The molecule has 2 heterocycles. The summed E-state index contributed by atoms with van der Waals surface area (Å²) in [6, 6.07) is 13.7. The number of nitrogens with zero attached hydrogens (tertiary/aromatic N) is 1. The number of nitrogens with one attached hydrogen (secondary N) is 1. The molecule has 0 bridgehead atoms. The molecule has 0 saturated heterocycles. The molecule has 0 fully saturated rings. The highest BCUT2D eigenvalue weighted by Crippen LogP contribution is 2.29. The summed E-state index contributed by atoms with van der Waals surface area (Å²) in [5.74, 6) is 0.788. The van der Waals surface area contributed by atoms with Gasteiger partial charge in [0.25, 0.3) is 0 Å². The van der Waals surface area contributed by atoms with Crippen LogP contribution in [0, 0.1) is 0 Å². The van der Waals surface area contributed by atoms with Gasteiger partial charge < -0.3 is 4.42 Å². The fourth-order valence-corrected chi connectivity index (χ4v) is 2.17. The molecular weight excluding hydrogens is 280 g/mol. The number of hydrogen-bond donors (Lipinski definition) is 1. The van der Waals surface area contributed by atoms with Crippen molar-refractivity contribution in [2.75, 3.05) is 0 Å². The third kappa shape index (κ3) is 1.91. The van der Waals surface area contributed by atoms with Crippen LogP contribution in [0.5, 0.6) is 0 Å². The molecule has 0 radical (unpaired) electrons. The van der Waals surface area contributed by atoms with Crippen molar-refractivity contribution in [3.63, 3.8) is 0 Å². The van der Waals surface area contributed by atoms with E-state index in [2.05, 4.69) is 26.1 Å². The first-order valence-electron chi connectivity index (χ1n) is 5.19. The third-order valence-electron chi connectivity index (χ3n) is 2.51. The number of benzene rings is 1. The average molecular weight is 289 g/mol. The molecule has 0 saturated carbocycles. The Bertz CT molecular complexity index is 628. The van der Waals surface area contributed by atoms with Gasteiger partial charge in [-0.2, -0.15) is 5.10 Å². The molecule has 0 atom stereocenters. The molecule has 0 unspecified atom stereocenters. The lowest BCUT2D eigenvalue weighted by molar-refractivity contribution is 0.580. The largest absolute Gasteiger partial charge is 0.463 e. The maximum atomic E-state index is 5.32. The summed E-state index contributed by atoms with van der Waals surface area (Å²) in [5.41, 5.74) is 2.83. The number of aromatic nitrogens is 2. The minimum atomic E-state index is 0.788. The lowest BCUT2D eigenvalue weighted by Gasteiger charge is -1.98. The van der Waals surface area contributed by atoms with Gasteiger partial charge in [-0.25, -0.2) is 0 Å². The van der Waals surface area contributed by atoms with E-state index in [4.69, 9.17) is 4.42 Å². The van der Waals surface area contributed by atoms with E-state index >= 15 is 0 Å². The molecule has 0 amide bonds. The zero-order valence-corrected chi connectivity index (χ0v) is 10.4. The molecule has 0 aliphatic heterocycles. The number of aromatic amines is 1. The van der Waals surface area contributed by atoms with Crippen LogP contribution in [0.3, 0.4) is 0 Å². The quantitative estimate of drug-likeness (QED) is 0.771. The molecule has 3 rings (SSSR count). The van der Waals surface area contributed by atoms with Crippen molar-refractivity contribution in [2.45, 2.75) is 0 Å². The van der Waals surface area contributed by atoms with E-state index < -0.39 is 0 Å². The highest BCUT2D eigenvalue weighted by Gasteiger charge is 2.09. The van der Waals surface area contributed by atoms with Crippen molar-refractivity contribution >= 4 is 15.9 Å². The summed E-state index contributed by atoms with van der Waals surface area (Å²) in [6.45, 7) is 0. The van der Waals surface area contributed by atoms with Gasteiger partial charge in [0.05, 0.1) is 12.0 Å². The van der Waals surface area contributed by atoms with Crippen molar-refractivity contribution < 1.29 is 4.42 Å². The lowest BCUT2D eigenvalue weighted by Crippen LogP contribution is -1.78. The summed E-state index contributed by atoms with van der Waals surface area (Å²) in [6.07, 6.45) is 1.65. The average Bonchev–Trinajstić information content (AvgIpc) is 3.00. The van der Waals surface area contributed by atoms with Crippen molar-refractivity contribution in [1.29, 1.82) is 0 Å². The van der Waals surface area contributed by atoms with Crippen LogP contribution >= 0.6 is 15.9 Å². The molecule has 0 aliphatic rings. The number of H-pyrrole nitrogens is 1. The smallest absolute Gasteiger partial charge is 0.151 e. The van der Waals surface area contributed by atoms with Gasteiger partial charge in [-0.1, -0.05) is 34.1 Å². The second-order valence-electron chi connectivity index (χ2n) is 3.62. The van der Waals surface area contributed by atoms with Gasteiger partial charge in [0.15, 0.2) is 5.76 Å². The van der Waals surface area contributed by atoms with Gasteiger partial charge >= 0.3 is 0 Å². The molecule has 84 valence electrons. The summed E-state index contributed by atoms with van der Waals surface area (Å²) in [5, 5.41) is 7.26. The number of rotatable bonds is 2. The standard InChI is InChI=1S/C13H9BrN2O/c14-10-5-2-1-4-9(10)11-8-12(16-15-11)13-6-3-7-17-13/h1-8H,(H,15,16). The Morgan fingerprint density at radius 1 is 1.12 bits per heavy atom. The van der Waals surface area contributed by atoms with Crippen LogP contribution in [0.2, 0.25) is 0 Å². The molecule has 17 heavy (non-hydrogen) atoms. The van der Waals surface area contributed by atoms with E-state index in [0.29, 0.717) is 0 Å². The third-order valence-corrected chi connectivity index (χ3v) is 3.21. The van der Waals surface area contributed by atoms with Crippen molar-refractivity contribution in [1.82, 2.24) is 10.2 Å². The van der Waals surface area contributed by atoms with Gasteiger partial charge in [0.2, 0.25) is 0 Å². The first-order valence-corrected chi connectivity index (χ1v) is 5.98. The summed E-state index contributed by atoms with van der Waals surface area (Å²) in [7, 11) is 0. The molecule has 4 heteroatoms. The van der Waals surface area contributed by atoms with E-state index in [1.165, 1.54) is 0 Å². The molecule has 0 aliphatic carbocycles. The van der Waals surface area contributed by atoms with Crippen LogP contribution in [-0.4, -0.2) is 10.2 Å². The van der Waals surface area contributed by atoms with E-state index in [1.807, 2.05) is 42.5 Å². The minimum Gasteiger partial charge on any atom is -0.463 e. The van der Waals surface area contributed by atoms with Crippen molar-refractivity contribution in [3.8, 4) is 22.7 Å². The molecular formula is C13H9BrN2O. The van der Waals surface area contributed by atoms with Gasteiger partial charge in [-0.3, -0.25) is 5.10 Å². The monoisotopic (exact) mass is 288 g/mol. The van der Waals surface area contributed by atoms with Crippen LogP contribution in [0.4, 0.5) is 0 Å². The van der Waals surface area contributed by atoms with Gasteiger partial charge in [0, 0.05) is 10.0 Å². The Kier molecular flexibility index (Phi) is 2.57. The number of hydrogen-bond acceptors (Lipinski definition) is 2. The van der Waals surface area contributed by atoms with Crippen LogP contribution in [-0.2, 0) is 0 Å². The van der Waals surface area contributed by atoms with Gasteiger partial charge in [0.1, 0.15) is 5.69 Å². The fourth-order valence-electron chi connectivity index (χ4n) is 1.69. The first kappa shape index (κ1) is 10.4.